The SMILES string of the molecule is O=C(Nc1cccc2c1CCN(CC(F)(F)F)C2=O)c1ccc(NS(=O)(=O)CCO)cc1N1CCC2(CC1)CC2. The summed E-state index contributed by atoms with van der Waals surface area (Å²) in [5, 5.41) is 11.9. The molecule has 13 heteroatoms. The highest BCUT2D eigenvalue weighted by Crippen LogP contribution is 2.54. The monoisotopic (exact) mass is 580 g/mol. The third kappa shape index (κ3) is 6.20. The molecule has 2 aliphatic heterocycles. The van der Waals surface area contributed by atoms with Crippen LogP contribution in [0.25, 0.3) is 0 Å². The number of sulfonamides is 1. The van der Waals surface area contributed by atoms with Crippen LogP contribution in [0.5, 0.6) is 0 Å². The normalized spacial score (nSPS) is 18.4. The molecule has 0 unspecified atom stereocenters. The van der Waals surface area contributed by atoms with Crippen LogP contribution in [0.2, 0.25) is 0 Å². The third-order valence-corrected chi connectivity index (χ3v) is 9.21. The second kappa shape index (κ2) is 10.6. The maximum atomic E-state index is 13.6. The number of fused-ring (bicyclic) bond motifs is 1. The molecule has 3 N–H and O–H groups in total. The summed E-state index contributed by atoms with van der Waals surface area (Å²) in [7, 11) is -3.78. The van der Waals surface area contributed by atoms with E-state index in [0.717, 1.165) is 17.7 Å². The van der Waals surface area contributed by atoms with Gasteiger partial charge in [0.2, 0.25) is 10.0 Å². The van der Waals surface area contributed by atoms with Crippen LogP contribution in [-0.2, 0) is 16.4 Å². The molecule has 2 heterocycles. The highest BCUT2D eigenvalue weighted by molar-refractivity contribution is 7.92. The van der Waals surface area contributed by atoms with Crippen molar-refractivity contribution >= 4 is 38.9 Å². The van der Waals surface area contributed by atoms with Crippen LogP contribution in [0.4, 0.5) is 30.2 Å². The number of nitrogens with one attached hydrogen (secondary N) is 2. The van der Waals surface area contributed by atoms with Crippen LogP contribution in [0.15, 0.2) is 36.4 Å². The Morgan fingerprint density at radius 2 is 1.77 bits per heavy atom. The molecule has 216 valence electrons. The molecule has 0 atom stereocenters. The zero-order valence-corrected chi connectivity index (χ0v) is 22.6. The number of aliphatic hydroxyl groups excluding tert-OH is 1. The molecular weight excluding hydrogens is 549 g/mol. The van der Waals surface area contributed by atoms with Gasteiger partial charge in [-0.2, -0.15) is 13.2 Å². The van der Waals surface area contributed by atoms with E-state index in [1.165, 1.54) is 37.1 Å². The number of benzene rings is 2. The second-order valence-electron chi connectivity index (χ2n) is 10.7. The van der Waals surface area contributed by atoms with Gasteiger partial charge in [0.25, 0.3) is 11.8 Å². The van der Waals surface area contributed by atoms with Gasteiger partial charge in [-0.15, -0.1) is 0 Å². The Hall–Kier alpha value is -3.32. The fourth-order valence-corrected chi connectivity index (χ4v) is 6.38. The fraction of sp³-hybridized carbons (Fsp3) is 0.481. The number of nitrogens with zero attached hydrogens (tertiary/aromatic N) is 2. The lowest BCUT2D eigenvalue weighted by atomic mass is 9.93. The van der Waals surface area contributed by atoms with E-state index in [0.29, 0.717) is 41.0 Å². The first-order chi connectivity index (χ1) is 18.9. The predicted molar refractivity (Wildman–Crippen MR) is 144 cm³/mol. The summed E-state index contributed by atoms with van der Waals surface area (Å²) in [5.41, 5.74) is 2.42. The van der Waals surface area contributed by atoms with Gasteiger partial charge in [0.1, 0.15) is 6.54 Å². The number of amides is 2. The molecule has 0 radical (unpaired) electrons. The Kier molecular flexibility index (Phi) is 7.47. The predicted octanol–water partition coefficient (Wildman–Crippen LogP) is 3.61. The highest BCUT2D eigenvalue weighted by Gasteiger charge is 2.44. The first-order valence-corrected chi connectivity index (χ1v) is 14.8. The molecule has 1 aliphatic carbocycles. The van der Waals surface area contributed by atoms with Crippen LogP contribution in [0, 0.1) is 5.41 Å². The molecule has 5 rings (SSSR count). The van der Waals surface area contributed by atoms with E-state index in [2.05, 4.69) is 14.9 Å². The number of carbonyl (C=O) groups excluding carboxylic acids is 2. The molecular formula is C27H31F3N4O5S. The number of piperidine rings is 1. The second-order valence-corrected chi connectivity index (χ2v) is 12.6. The van der Waals surface area contributed by atoms with Gasteiger partial charge in [0, 0.05) is 30.9 Å². The molecule has 0 aromatic heterocycles. The average molecular weight is 581 g/mol. The molecule has 2 fully saturated rings. The number of rotatable bonds is 8. The quantitative estimate of drug-likeness (QED) is 0.439. The summed E-state index contributed by atoms with van der Waals surface area (Å²) < 4.78 is 65.7. The Morgan fingerprint density at radius 3 is 2.42 bits per heavy atom. The van der Waals surface area contributed by atoms with Crippen LogP contribution in [0.3, 0.4) is 0 Å². The summed E-state index contributed by atoms with van der Waals surface area (Å²) in [6.07, 6.45) is -0.0446. The number of halogens is 3. The molecule has 40 heavy (non-hydrogen) atoms. The molecule has 2 amide bonds. The molecule has 2 aromatic rings. The first-order valence-electron chi connectivity index (χ1n) is 13.2. The fourth-order valence-electron chi connectivity index (χ4n) is 5.55. The van der Waals surface area contributed by atoms with Crippen LogP contribution < -0.4 is 14.9 Å². The number of aliphatic hydroxyl groups is 1. The van der Waals surface area contributed by atoms with E-state index in [-0.39, 0.29) is 24.2 Å². The zero-order chi connectivity index (χ0) is 28.7. The van der Waals surface area contributed by atoms with Gasteiger partial charge in [0.05, 0.1) is 29.3 Å². The Morgan fingerprint density at radius 1 is 1.05 bits per heavy atom. The molecule has 1 spiro atoms. The standard InChI is InChI=1S/C27H31F3N4O5S/c28-27(29,30)17-34-11-6-19-20(25(34)37)2-1-3-22(19)31-24(36)21-5-4-18(32-40(38,39)15-14-35)16-23(21)33-12-9-26(7-8-26)10-13-33/h1-5,16,32,35H,6-15,17H2,(H,31,36). The molecule has 1 saturated heterocycles. The summed E-state index contributed by atoms with van der Waals surface area (Å²) >= 11 is 0. The average Bonchev–Trinajstić information content (AvgIpc) is 3.64. The van der Waals surface area contributed by atoms with E-state index in [9.17, 15) is 31.2 Å². The lowest BCUT2D eigenvalue weighted by Crippen LogP contribution is -2.43. The van der Waals surface area contributed by atoms with Crippen LogP contribution in [-0.4, -0.2) is 75.0 Å². The zero-order valence-electron chi connectivity index (χ0n) is 21.8. The van der Waals surface area contributed by atoms with Gasteiger partial charge in [-0.3, -0.25) is 14.3 Å². The van der Waals surface area contributed by atoms with Crippen molar-refractivity contribution in [3.63, 3.8) is 0 Å². The summed E-state index contributed by atoms with van der Waals surface area (Å²) in [6.45, 7) is -0.581. The van der Waals surface area contributed by atoms with Gasteiger partial charge in [-0.25, -0.2) is 8.42 Å². The van der Waals surface area contributed by atoms with E-state index in [1.54, 1.807) is 12.1 Å². The molecule has 0 bridgehead atoms. The molecule has 2 aromatic carbocycles. The van der Waals surface area contributed by atoms with Crippen molar-refractivity contribution in [1.82, 2.24) is 4.90 Å². The van der Waals surface area contributed by atoms with E-state index >= 15 is 0 Å². The lowest BCUT2D eigenvalue weighted by Gasteiger charge is -2.35. The van der Waals surface area contributed by atoms with E-state index < -0.39 is 46.9 Å². The summed E-state index contributed by atoms with van der Waals surface area (Å²) in [4.78, 5) is 29.1. The molecule has 9 nitrogen and oxygen atoms in total. The largest absolute Gasteiger partial charge is 0.406 e. The summed E-state index contributed by atoms with van der Waals surface area (Å²) in [5.74, 6) is -1.68. The highest BCUT2D eigenvalue weighted by atomic mass is 32.2. The minimum atomic E-state index is -4.51. The first kappa shape index (κ1) is 28.2. The van der Waals surface area contributed by atoms with Crippen LogP contribution >= 0.6 is 0 Å². The Bertz CT molecular complexity index is 1420. The summed E-state index contributed by atoms with van der Waals surface area (Å²) in [6, 6.07) is 9.18. The van der Waals surface area contributed by atoms with Gasteiger partial charge < -0.3 is 20.2 Å². The maximum absolute atomic E-state index is 13.6. The third-order valence-electron chi connectivity index (χ3n) is 7.94. The lowest BCUT2D eigenvalue weighted by molar-refractivity contribution is -0.141. The van der Waals surface area contributed by atoms with Gasteiger partial charge in [-0.05, 0) is 73.4 Å². The van der Waals surface area contributed by atoms with Crippen molar-refractivity contribution < 1.29 is 36.3 Å². The topological polar surface area (TPSA) is 119 Å². The number of hydrogen-bond acceptors (Lipinski definition) is 6. The van der Waals surface area contributed by atoms with Crippen LogP contribution in [0.1, 0.15) is 52.0 Å². The van der Waals surface area contributed by atoms with Crippen molar-refractivity contribution in [2.24, 2.45) is 5.41 Å². The van der Waals surface area contributed by atoms with E-state index in [4.69, 9.17) is 5.11 Å². The van der Waals surface area contributed by atoms with Crippen molar-refractivity contribution in [2.75, 3.05) is 53.5 Å². The van der Waals surface area contributed by atoms with Gasteiger partial charge in [-0.1, -0.05) is 6.07 Å². The number of alkyl halides is 3. The van der Waals surface area contributed by atoms with Gasteiger partial charge >= 0.3 is 6.18 Å². The van der Waals surface area contributed by atoms with Crippen molar-refractivity contribution in [1.29, 1.82) is 0 Å². The Balaban J connectivity index is 1.41. The molecule has 3 aliphatic rings. The van der Waals surface area contributed by atoms with Crippen molar-refractivity contribution in [2.45, 2.75) is 38.3 Å². The maximum Gasteiger partial charge on any atom is 0.406 e. The number of hydrogen-bond donors (Lipinski definition) is 3. The van der Waals surface area contributed by atoms with Crippen molar-refractivity contribution in [3.05, 3.63) is 53.1 Å². The number of anilines is 3. The smallest absolute Gasteiger partial charge is 0.395 e. The Labute approximate surface area is 230 Å². The molecule has 1 saturated carbocycles. The van der Waals surface area contributed by atoms with Gasteiger partial charge in [0.15, 0.2) is 0 Å². The minimum absolute atomic E-state index is 0.118. The van der Waals surface area contributed by atoms with Crippen molar-refractivity contribution in [3.8, 4) is 0 Å². The number of carbonyl (C=O) groups is 2. The van der Waals surface area contributed by atoms with E-state index in [1.807, 2.05) is 0 Å². The minimum Gasteiger partial charge on any atom is -0.395 e.